The number of ether oxygens (including phenoxy) is 1. The van der Waals surface area contributed by atoms with E-state index in [1.54, 1.807) is 31.4 Å². The van der Waals surface area contributed by atoms with E-state index in [4.69, 9.17) is 4.74 Å². The average molecular weight is 532 g/mol. The van der Waals surface area contributed by atoms with Gasteiger partial charge in [0.2, 0.25) is 5.91 Å². The van der Waals surface area contributed by atoms with Crippen molar-refractivity contribution < 1.29 is 14.3 Å². The van der Waals surface area contributed by atoms with Gasteiger partial charge in [-0.25, -0.2) is 0 Å². The molecule has 3 rings (SSSR count). The minimum absolute atomic E-state index is 0.0587. The zero-order valence-electron chi connectivity index (χ0n) is 16.5. The van der Waals surface area contributed by atoms with E-state index in [1.807, 2.05) is 55.5 Å². The molecule has 0 aliphatic heterocycles. The number of carbonyl (C=O) groups is 2. The van der Waals surface area contributed by atoms with Gasteiger partial charge in [0.1, 0.15) is 5.75 Å². The first-order valence-electron chi connectivity index (χ1n) is 9.23. The summed E-state index contributed by atoms with van der Waals surface area (Å²) >= 11 is 3.69. The van der Waals surface area contributed by atoms with Crippen LogP contribution in [0.3, 0.4) is 0 Å². The molecule has 30 heavy (non-hydrogen) atoms. The van der Waals surface area contributed by atoms with E-state index in [2.05, 4.69) is 33.2 Å². The molecule has 0 heterocycles. The summed E-state index contributed by atoms with van der Waals surface area (Å²) in [6, 6.07) is 22.1. The lowest BCUT2D eigenvalue weighted by molar-refractivity contribution is -0.115. The molecule has 1 unspecified atom stereocenters. The first-order valence-corrected chi connectivity index (χ1v) is 11.2. The molecule has 7 heteroatoms. The van der Waals surface area contributed by atoms with Gasteiger partial charge < -0.3 is 15.4 Å². The summed E-state index contributed by atoms with van der Waals surface area (Å²) in [6.07, 6.45) is 0. The molecule has 0 bridgehead atoms. The fraction of sp³-hybridized carbons (Fsp3) is 0.130. The number of nitrogens with one attached hydrogen (secondary N) is 2. The van der Waals surface area contributed by atoms with Crippen molar-refractivity contribution in [3.8, 4) is 5.75 Å². The second kappa shape index (κ2) is 10.5. The standard InChI is InChI=1S/C23H21IN2O3S/c1-15(22(27)25-18-8-6-17(24)7-9-18)30-21-12-10-19(11-13-21)26-23(28)16-4-3-5-20(14-16)29-2/h3-15H,1-2H3,(H,25,27)(H,26,28). The highest BCUT2D eigenvalue weighted by molar-refractivity contribution is 14.1. The van der Waals surface area contributed by atoms with Crippen molar-refractivity contribution in [2.45, 2.75) is 17.1 Å². The van der Waals surface area contributed by atoms with Crippen molar-refractivity contribution in [2.24, 2.45) is 0 Å². The molecule has 5 nitrogen and oxygen atoms in total. The Hall–Kier alpha value is -2.52. The minimum Gasteiger partial charge on any atom is -0.497 e. The summed E-state index contributed by atoms with van der Waals surface area (Å²) in [5.74, 6) is 0.364. The second-order valence-electron chi connectivity index (χ2n) is 6.47. The average Bonchev–Trinajstić information content (AvgIpc) is 2.76. The Labute approximate surface area is 193 Å². The predicted molar refractivity (Wildman–Crippen MR) is 130 cm³/mol. The van der Waals surface area contributed by atoms with Crippen LogP contribution in [0, 0.1) is 3.57 Å². The van der Waals surface area contributed by atoms with Crippen molar-refractivity contribution in [3.63, 3.8) is 0 Å². The summed E-state index contributed by atoms with van der Waals surface area (Å²) in [6.45, 7) is 1.87. The maximum Gasteiger partial charge on any atom is 0.255 e. The number of amides is 2. The van der Waals surface area contributed by atoms with Gasteiger partial charge >= 0.3 is 0 Å². The highest BCUT2D eigenvalue weighted by Crippen LogP contribution is 2.26. The SMILES string of the molecule is COc1cccc(C(=O)Nc2ccc(SC(C)C(=O)Nc3ccc(I)cc3)cc2)c1. The maximum atomic E-state index is 12.4. The van der Waals surface area contributed by atoms with E-state index in [-0.39, 0.29) is 17.1 Å². The molecule has 0 radical (unpaired) electrons. The smallest absolute Gasteiger partial charge is 0.255 e. The van der Waals surface area contributed by atoms with Crippen LogP contribution >= 0.6 is 34.4 Å². The predicted octanol–water partition coefficient (Wildman–Crippen LogP) is 5.67. The van der Waals surface area contributed by atoms with Gasteiger partial charge in [0, 0.05) is 25.4 Å². The van der Waals surface area contributed by atoms with E-state index < -0.39 is 0 Å². The van der Waals surface area contributed by atoms with Gasteiger partial charge in [-0.1, -0.05) is 6.07 Å². The zero-order chi connectivity index (χ0) is 21.5. The summed E-state index contributed by atoms with van der Waals surface area (Å²) < 4.78 is 6.27. The molecule has 0 aromatic heterocycles. The number of hydrogen-bond acceptors (Lipinski definition) is 4. The number of rotatable bonds is 7. The Morgan fingerprint density at radius 3 is 2.23 bits per heavy atom. The van der Waals surface area contributed by atoms with Crippen LogP contribution in [0.15, 0.2) is 77.7 Å². The Balaban J connectivity index is 1.56. The molecule has 0 saturated carbocycles. The molecular weight excluding hydrogens is 511 g/mol. The lowest BCUT2D eigenvalue weighted by Crippen LogP contribution is -2.22. The highest BCUT2D eigenvalue weighted by atomic mass is 127. The molecule has 0 spiro atoms. The number of anilines is 2. The third kappa shape index (κ3) is 6.24. The third-order valence-electron chi connectivity index (χ3n) is 4.24. The number of thioether (sulfide) groups is 1. The highest BCUT2D eigenvalue weighted by Gasteiger charge is 2.15. The van der Waals surface area contributed by atoms with Crippen molar-refractivity contribution in [2.75, 3.05) is 17.7 Å². The van der Waals surface area contributed by atoms with Gasteiger partial charge in [-0.3, -0.25) is 9.59 Å². The van der Waals surface area contributed by atoms with Crippen molar-refractivity contribution in [1.82, 2.24) is 0 Å². The Bertz CT molecular complexity index is 1020. The Morgan fingerprint density at radius 2 is 1.57 bits per heavy atom. The number of carbonyl (C=O) groups excluding carboxylic acids is 2. The lowest BCUT2D eigenvalue weighted by atomic mass is 10.2. The van der Waals surface area contributed by atoms with Crippen LogP contribution in [0.4, 0.5) is 11.4 Å². The molecule has 3 aromatic carbocycles. The van der Waals surface area contributed by atoms with Crippen LogP contribution < -0.4 is 15.4 Å². The fourth-order valence-corrected chi connectivity index (χ4v) is 3.85. The Kier molecular flexibility index (Phi) is 7.75. The van der Waals surface area contributed by atoms with Crippen LogP contribution in [0.25, 0.3) is 0 Å². The number of halogens is 1. The van der Waals surface area contributed by atoms with Crippen LogP contribution in [0.2, 0.25) is 0 Å². The largest absolute Gasteiger partial charge is 0.497 e. The van der Waals surface area contributed by atoms with Crippen LogP contribution in [-0.2, 0) is 4.79 Å². The van der Waals surface area contributed by atoms with Crippen molar-refractivity contribution in [1.29, 1.82) is 0 Å². The molecule has 154 valence electrons. The minimum atomic E-state index is -0.262. The van der Waals surface area contributed by atoms with Gasteiger partial charge in [0.05, 0.1) is 12.4 Å². The van der Waals surface area contributed by atoms with Gasteiger partial charge in [-0.15, -0.1) is 11.8 Å². The summed E-state index contributed by atoms with van der Waals surface area (Å²) in [4.78, 5) is 25.8. The normalized spacial score (nSPS) is 11.4. The van der Waals surface area contributed by atoms with Gasteiger partial charge in [-0.2, -0.15) is 0 Å². The molecule has 3 aromatic rings. The van der Waals surface area contributed by atoms with Crippen molar-refractivity contribution in [3.05, 3.63) is 81.9 Å². The second-order valence-corrected chi connectivity index (χ2v) is 9.13. The van der Waals surface area contributed by atoms with Gasteiger partial charge in [-0.05, 0) is 96.2 Å². The third-order valence-corrected chi connectivity index (χ3v) is 6.07. The summed E-state index contributed by atoms with van der Waals surface area (Å²) in [7, 11) is 1.56. The first kappa shape index (κ1) is 22.2. The molecule has 0 saturated heterocycles. The lowest BCUT2D eigenvalue weighted by Gasteiger charge is -2.13. The van der Waals surface area contributed by atoms with Crippen LogP contribution in [0.5, 0.6) is 5.75 Å². The van der Waals surface area contributed by atoms with E-state index in [9.17, 15) is 9.59 Å². The first-order chi connectivity index (χ1) is 14.4. The van der Waals surface area contributed by atoms with Gasteiger partial charge in [0.15, 0.2) is 0 Å². The maximum absolute atomic E-state index is 12.4. The molecular formula is C23H21IN2O3S. The monoisotopic (exact) mass is 532 g/mol. The van der Waals surface area contributed by atoms with E-state index in [1.165, 1.54) is 11.8 Å². The summed E-state index contributed by atoms with van der Waals surface area (Å²) in [5, 5.41) is 5.53. The van der Waals surface area contributed by atoms with Gasteiger partial charge in [0.25, 0.3) is 5.91 Å². The molecule has 0 fully saturated rings. The van der Waals surface area contributed by atoms with Crippen molar-refractivity contribution >= 4 is 57.5 Å². The van der Waals surface area contributed by atoms with E-state index in [0.29, 0.717) is 17.0 Å². The number of hydrogen-bond donors (Lipinski definition) is 2. The molecule has 0 aliphatic rings. The zero-order valence-corrected chi connectivity index (χ0v) is 19.5. The molecule has 2 amide bonds. The van der Waals surface area contributed by atoms with E-state index in [0.717, 1.165) is 14.2 Å². The molecule has 2 N–H and O–H groups in total. The van der Waals surface area contributed by atoms with Crippen LogP contribution in [0.1, 0.15) is 17.3 Å². The molecule has 1 atom stereocenters. The van der Waals surface area contributed by atoms with E-state index >= 15 is 0 Å². The number of methoxy groups -OCH3 is 1. The quantitative estimate of drug-likeness (QED) is 0.304. The fourth-order valence-electron chi connectivity index (χ4n) is 2.62. The van der Waals surface area contributed by atoms with Crippen LogP contribution in [-0.4, -0.2) is 24.2 Å². The summed E-state index contributed by atoms with van der Waals surface area (Å²) in [5.41, 5.74) is 1.99. The molecule has 0 aliphatic carbocycles. The number of benzene rings is 3. The Morgan fingerprint density at radius 1 is 0.933 bits per heavy atom. The topological polar surface area (TPSA) is 67.4 Å².